The monoisotopic (exact) mass is 334 g/mol. The third-order valence-corrected chi connectivity index (χ3v) is 3.81. The number of hydrogen-bond acceptors (Lipinski definition) is 5. The highest BCUT2D eigenvalue weighted by Crippen LogP contribution is 2.18. The average Bonchev–Trinajstić information content (AvgIpc) is 2.53. The SMILES string of the molecule is COC(=O)C1CN(Cc2ccccc2)CCN1C(=O)OC(C)(C)C. The van der Waals surface area contributed by atoms with Crippen LogP contribution in [0, 0.1) is 0 Å². The number of hydrogen-bond donors (Lipinski definition) is 0. The van der Waals surface area contributed by atoms with Crippen LogP contribution in [-0.4, -0.2) is 60.2 Å². The maximum absolute atomic E-state index is 12.4. The van der Waals surface area contributed by atoms with Gasteiger partial charge < -0.3 is 9.47 Å². The van der Waals surface area contributed by atoms with Gasteiger partial charge in [-0.05, 0) is 26.3 Å². The molecule has 0 radical (unpaired) electrons. The van der Waals surface area contributed by atoms with E-state index < -0.39 is 23.7 Å². The van der Waals surface area contributed by atoms with Gasteiger partial charge in [0.2, 0.25) is 0 Å². The molecular weight excluding hydrogens is 308 g/mol. The first kappa shape index (κ1) is 18.3. The number of piperazine rings is 1. The van der Waals surface area contributed by atoms with Gasteiger partial charge in [0.1, 0.15) is 11.6 Å². The summed E-state index contributed by atoms with van der Waals surface area (Å²) in [5, 5.41) is 0. The van der Waals surface area contributed by atoms with Crippen LogP contribution in [0.15, 0.2) is 30.3 Å². The quantitative estimate of drug-likeness (QED) is 0.794. The molecule has 2 rings (SSSR count). The lowest BCUT2D eigenvalue weighted by Gasteiger charge is -2.40. The van der Waals surface area contributed by atoms with Crippen molar-refractivity contribution in [1.29, 1.82) is 0 Å². The Bertz CT molecular complexity index is 568. The number of ether oxygens (including phenoxy) is 2. The van der Waals surface area contributed by atoms with E-state index in [9.17, 15) is 9.59 Å². The van der Waals surface area contributed by atoms with Crippen molar-refractivity contribution >= 4 is 12.1 Å². The smallest absolute Gasteiger partial charge is 0.411 e. The number of esters is 1. The van der Waals surface area contributed by atoms with E-state index in [-0.39, 0.29) is 0 Å². The van der Waals surface area contributed by atoms with Crippen molar-refractivity contribution in [3.05, 3.63) is 35.9 Å². The summed E-state index contributed by atoms with van der Waals surface area (Å²) in [6.07, 6.45) is -0.475. The molecular formula is C18H26N2O4. The molecule has 0 saturated carbocycles. The first-order valence-corrected chi connectivity index (χ1v) is 8.14. The van der Waals surface area contributed by atoms with Crippen molar-refractivity contribution in [3.8, 4) is 0 Å². The van der Waals surface area contributed by atoms with Crippen LogP contribution in [0.1, 0.15) is 26.3 Å². The zero-order chi connectivity index (χ0) is 17.7. The largest absolute Gasteiger partial charge is 0.467 e. The summed E-state index contributed by atoms with van der Waals surface area (Å²) >= 11 is 0. The van der Waals surface area contributed by atoms with Gasteiger partial charge in [-0.1, -0.05) is 30.3 Å². The van der Waals surface area contributed by atoms with Gasteiger partial charge in [-0.25, -0.2) is 9.59 Å². The first-order chi connectivity index (χ1) is 11.3. The molecule has 1 aromatic carbocycles. The summed E-state index contributed by atoms with van der Waals surface area (Å²) in [4.78, 5) is 28.2. The van der Waals surface area contributed by atoms with E-state index in [0.717, 1.165) is 6.54 Å². The molecule has 1 aromatic rings. The third-order valence-electron chi connectivity index (χ3n) is 3.81. The Labute approximate surface area is 143 Å². The molecule has 1 amide bonds. The lowest BCUT2D eigenvalue weighted by Crippen LogP contribution is -2.59. The second-order valence-corrected chi connectivity index (χ2v) is 6.93. The summed E-state index contributed by atoms with van der Waals surface area (Å²) in [5.41, 5.74) is 0.575. The molecule has 0 aromatic heterocycles. The summed E-state index contributed by atoms with van der Waals surface area (Å²) in [7, 11) is 1.34. The van der Waals surface area contributed by atoms with E-state index in [4.69, 9.17) is 9.47 Å². The number of rotatable bonds is 3. The molecule has 1 atom stereocenters. The molecule has 6 heteroatoms. The minimum Gasteiger partial charge on any atom is -0.467 e. The molecule has 1 saturated heterocycles. The van der Waals surface area contributed by atoms with Crippen LogP contribution < -0.4 is 0 Å². The van der Waals surface area contributed by atoms with Crippen molar-refractivity contribution in [2.24, 2.45) is 0 Å². The van der Waals surface area contributed by atoms with Gasteiger partial charge in [-0.2, -0.15) is 0 Å². The first-order valence-electron chi connectivity index (χ1n) is 8.14. The predicted molar refractivity (Wildman–Crippen MR) is 90.5 cm³/mol. The predicted octanol–water partition coefficient (Wildman–Crippen LogP) is 2.28. The van der Waals surface area contributed by atoms with Crippen molar-refractivity contribution < 1.29 is 19.1 Å². The summed E-state index contributed by atoms with van der Waals surface area (Å²) < 4.78 is 10.3. The van der Waals surface area contributed by atoms with E-state index in [0.29, 0.717) is 19.6 Å². The maximum atomic E-state index is 12.4. The third kappa shape index (κ3) is 4.96. The molecule has 24 heavy (non-hydrogen) atoms. The fourth-order valence-electron chi connectivity index (χ4n) is 2.70. The lowest BCUT2D eigenvalue weighted by atomic mass is 10.1. The van der Waals surface area contributed by atoms with Crippen molar-refractivity contribution in [2.45, 2.75) is 39.0 Å². The number of carbonyl (C=O) groups is 2. The fourth-order valence-corrected chi connectivity index (χ4v) is 2.70. The molecule has 1 aliphatic rings. The standard InChI is InChI=1S/C18H26N2O4/c1-18(2,3)24-17(22)20-11-10-19(13-15(20)16(21)23-4)12-14-8-6-5-7-9-14/h5-9,15H,10-13H2,1-4H3. The molecule has 6 nitrogen and oxygen atoms in total. The Morgan fingerprint density at radius 2 is 1.83 bits per heavy atom. The highest BCUT2D eigenvalue weighted by atomic mass is 16.6. The van der Waals surface area contributed by atoms with Crippen LogP contribution in [0.25, 0.3) is 0 Å². The van der Waals surface area contributed by atoms with E-state index in [1.54, 1.807) is 0 Å². The molecule has 0 spiro atoms. The van der Waals surface area contributed by atoms with Gasteiger partial charge in [0.25, 0.3) is 0 Å². The minimum atomic E-state index is -0.651. The Balaban J connectivity index is 2.07. The zero-order valence-electron chi connectivity index (χ0n) is 14.8. The van der Waals surface area contributed by atoms with Crippen molar-refractivity contribution in [2.75, 3.05) is 26.7 Å². The number of carbonyl (C=O) groups excluding carboxylic acids is 2. The van der Waals surface area contributed by atoms with Gasteiger partial charge in [0, 0.05) is 26.2 Å². The van der Waals surface area contributed by atoms with Crippen LogP contribution in [0.4, 0.5) is 4.79 Å². The number of benzene rings is 1. The Hall–Kier alpha value is -2.08. The molecule has 0 aliphatic carbocycles. The van der Waals surface area contributed by atoms with Gasteiger partial charge >= 0.3 is 12.1 Å². The summed E-state index contributed by atoms with van der Waals surface area (Å²) in [6.45, 7) is 7.71. The maximum Gasteiger partial charge on any atom is 0.411 e. The molecule has 1 heterocycles. The Morgan fingerprint density at radius 3 is 2.42 bits per heavy atom. The highest BCUT2D eigenvalue weighted by Gasteiger charge is 2.38. The van der Waals surface area contributed by atoms with Crippen LogP contribution in [0.2, 0.25) is 0 Å². The Morgan fingerprint density at radius 1 is 1.17 bits per heavy atom. The second-order valence-electron chi connectivity index (χ2n) is 6.93. The van der Waals surface area contributed by atoms with Gasteiger partial charge in [0.15, 0.2) is 0 Å². The zero-order valence-corrected chi connectivity index (χ0v) is 14.8. The summed E-state index contributed by atoms with van der Waals surface area (Å²) in [6, 6.07) is 9.40. The molecule has 1 aliphatic heterocycles. The molecule has 0 N–H and O–H groups in total. The Kier molecular flexibility index (Phi) is 5.83. The molecule has 132 valence electrons. The van der Waals surface area contributed by atoms with E-state index in [2.05, 4.69) is 4.90 Å². The highest BCUT2D eigenvalue weighted by molar-refractivity contribution is 5.82. The topological polar surface area (TPSA) is 59.1 Å². The van der Waals surface area contributed by atoms with Crippen molar-refractivity contribution in [3.63, 3.8) is 0 Å². The summed E-state index contributed by atoms with van der Waals surface area (Å²) in [5.74, 6) is -0.418. The second kappa shape index (κ2) is 7.66. The number of nitrogens with zero attached hydrogens (tertiary/aromatic N) is 2. The molecule has 1 unspecified atom stereocenters. The number of amides is 1. The van der Waals surface area contributed by atoms with E-state index in [1.807, 2.05) is 51.1 Å². The normalized spacial score (nSPS) is 19.0. The van der Waals surface area contributed by atoms with Gasteiger partial charge in [-0.15, -0.1) is 0 Å². The molecule has 1 fully saturated rings. The van der Waals surface area contributed by atoms with Crippen LogP contribution in [0.5, 0.6) is 0 Å². The van der Waals surface area contributed by atoms with Crippen molar-refractivity contribution in [1.82, 2.24) is 9.80 Å². The average molecular weight is 334 g/mol. The van der Waals surface area contributed by atoms with Crippen LogP contribution >= 0.6 is 0 Å². The van der Waals surface area contributed by atoms with Gasteiger partial charge in [0.05, 0.1) is 7.11 Å². The van der Waals surface area contributed by atoms with Gasteiger partial charge in [-0.3, -0.25) is 9.80 Å². The minimum absolute atomic E-state index is 0.418. The van der Waals surface area contributed by atoms with E-state index in [1.165, 1.54) is 17.6 Å². The number of methoxy groups -OCH3 is 1. The fraction of sp³-hybridized carbons (Fsp3) is 0.556. The van der Waals surface area contributed by atoms with Crippen LogP contribution in [-0.2, 0) is 20.8 Å². The lowest BCUT2D eigenvalue weighted by molar-refractivity contribution is -0.149. The van der Waals surface area contributed by atoms with E-state index >= 15 is 0 Å². The molecule has 0 bridgehead atoms. The van der Waals surface area contributed by atoms with Crippen LogP contribution in [0.3, 0.4) is 0 Å².